The Morgan fingerprint density at radius 1 is 1.16 bits per heavy atom. The third kappa shape index (κ3) is 4.12. The van der Waals surface area contributed by atoms with Gasteiger partial charge in [0.1, 0.15) is 11.8 Å². The topological polar surface area (TPSA) is 85.2 Å². The van der Waals surface area contributed by atoms with Crippen LogP contribution in [0.3, 0.4) is 0 Å². The molecule has 3 heterocycles. The molecule has 1 atom stereocenters. The van der Waals surface area contributed by atoms with Crippen LogP contribution in [-0.4, -0.2) is 46.1 Å². The van der Waals surface area contributed by atoms with E-state index < -0.39 is 11.6 Å². The van der Waals surface area contributed by atoms with Crippen molar-refractivity contribution < 1.29 is 18.3 Å². The van der Waals surface area contributed by atoms with E-state index in [2.05, 4.69) is 20.6 Å². The van der Waals surface area contributed by atoms with Crippen LogP contribution in [0.2, 0.25) is 0 Å². The van der Waals surface area contributed by atoms with Crippen LogP contribution in [0.1, 0.15) is 29.6 Å². The molecule has 32 heavy (non-hydrogen) atoms. The summed E-state index contributed by atoms with van der Waals surface area (Å²) in [6.07, 6.45) is 3.00. The minimum Gasteiger partial charge on any atom is -0.496 e. The van der Waals surface area contributed by atoms with Crippen LogP contribution in [0, 0.1) is 18.6 Å². The van der Waals surface area contributed by atoms with Crippen LogP contribution in [0.15, 0.2) is 24.4 Å². The number of amides is 1. The molecule has 1 aromatic carbocycles. The molecule has 8 nitrogen and oxygen atoms in total. The van der Waals surface area contributed by atoms with Gasteiger partial charge in [0.2, 0.25) is 5.91 Å². The number of methoxy groups -OCH3 is 1. The lowest BCUT2D eigenvalue weighted by Crippen LogP contribution is -2.44. The van der Waals surface area contributed by atoms with E-state index in [-0.39, 0.29) is 24.2 Å². The molecule has 0 saturated carbocycles. The molecule has 0 radical (unpaired) electrons. The number of carbonyl (C=O) groups is 1. The number of hydrogen-bond acceptors (Lipinski definition) is 6. The summed E-state index contributed by atoms with van der Waals surface area (Å²) in [6.45, 7) is 3.93. The van der Waals surface area contributed by atoms with Gasteiger partial charge in [-0.3, -0.25) is 9.78 Å². The van der Waals surface area contributed by atoms with Crippen molar-refractivity contribution in [3.05, 3.63) is 58.7 Å². The second kappa shape index (κ2) is 8.52. The van der Waals surface area contributed by atoms with Gasteiger partial charge in [-0.25, -0.2) is 13.5 Å². The second-order valence-electron chi connectivity index (χ2n) is 7.85. The molecule has 1 aliphatic heterocycles. The molecule has 1 N–H and O–H groups in total. The van der Waals surface area contributed by atoms with Crippen molar-refractivity contribution in [3.63, 3.8) is 0 Å². The molecular formula is C22H24F2N6O2. The number of halogens is 2. The number of rotatable bonds is 6. The van der Waals surface area contributed by atoms with Gasteiger partial charge in [-0.1, -0.05) is 5.21 Å². The molecule has 0 fully saturated rings. The predicted octanol–water partition coefficient (Wildman–Crippen LogP) is 2.88. The largest absolute Gasteiger partial charge is 0.496 e. The number of benzene rings is 1. The molecular weight excluding hydrogens is 418 g/mol. The first-order valence-corrected chi connectivity index (χ1v) is 10.2. The van der Waals surface area contributed by atoms with E-state index in [9.17, 15) is 13.6 Å². The zero-order valence-electron chi connectivity index (χ0n) is 18.3. The van der Waals surface area contributed by atoms with Crippen molar-refractivity contribution >= 4 is 17.3 Å². The molecule has 1 amide bonds. The summed E-state index contributed by atoms with van der Waals surface area (Å²) in [6, 6.07) is 3.85. The van der Waals surface area contributed by atoms with Crippen molar-refractivity contribution in [2.45, 2.75) is 39.3 Å². The minimum atomic E-state index is -0.961. The van der Waals surface area contributed by atoms with Crippen LogP contribution >= 0.6 is 0 Å². The van der Waals surface area contributed by atoms with Gasteiger partial charge in [0.15, 0.2) is 11.6 Å². The number of nitrogens with zero attached hydrogens (tertiary/aromatic N) is 5. The molecule has 4 rings (SSSR count). The maximum Gasteiger partial charge on any atom is 0.246 e. The van der Waals surface area contributed by atoms with Crippen LogP contribution in [0.4, 0.5) is 20.2 Å². The average molecular weight is 442 g/mol. The van der Waals surface area contributed by atoms with Crippen LogP contribution in [0.25, 0.3) is 0 Å². The molecule has 10 heteroatoms. The van der Waals surface area contributed by atoms with Crippen molar-refractivity contribution in [3.8, 4) is 5.75 Å². The summed E-state index contributed by atoms with van der Waals surface area (Å²) < 4.78 is 33.8. The van der Waals surface area contributed by atoms with Gasteiger partial charge >= 0.3 is 0 Å². The Bertz CT molecular complexity index is 1180. The third-order valence-electron chi connectivity index (χ3n) is 5.70. The van der Waals surface area contributed by atoms with E-state index in [0.717, 1.165) is 40.6 Å². The van der Waals surface area contributed by atoms with Crippen molar-refractivity contribution in [2.75, 3.05) is 24.4 Å². The molecule has 0 saturated heterocycles. The van der Waals surface area contributed by atoms with Gasteiger partial charge in [0, 0.05) is 30.6 Å². The van der Waals surface area contributed by atoms with E-state index in [4.69, 9.17) is 4.74 Å². The normalized spacial score (nSPS) is 15.5. The Kier molecular flexibility index (Phi) is 5.77. The maximum absolute atomic E-state index is 13.6. The Balaban J connectivity index is 1.47. The number of anilines is 2. The molecule has 3 aromatic rings. The number of likely N-dealkylation sites (N-methyl/N-ethyl adjacent to an activating group) is 1. The van der Waals surface area contributed by atoms with Gasteiger partial charge in [-0.15, -0.1) is 5.10 Å². The molecule has 0 bridgehead atoms. The van der Waals surface area contributed by atoms with Crippen molar-refractivity contribution in [2.24, 2.45) is 0 Å². The molecule has 168 valence electrons. The molecule has 0 spiro atoms. The van der Waals surface area contributed by atoms with E-state index in [1.54, 1.807) is 10.9 Å². The van der Waals surface area contributed by atoms with E-state index in [1.165, 1.54) is 7.11 Å². The first-order chi connectivity index (χ1) is 15.3. The smallest absolute Gasteiger partial charge is 0.246 e. The molecule has 0 aliphatic carbocycles. The zero-order valence-corrected chi connectivity index (χ0v) is 18.3. The number of nitrogens with one attached hydrogen (secondary N) is 1. The van der Waals surface area contributed by atoms with Crippen molar-refractivity contribution in [1.82, 2.24) is 20.0 Å². The third-order valence-corrected chi connectivity index (χ3v) is 5.70. The summed E-state index contributed by atoms with van der Waals surface area (Å²) in [5.41, 5.74) is 4.54. The minimum absolute atomic E-state index is 0.0491. The molecule has 0 unspecified atom stereocenters. The highest BCUT2D eigenvalue weighted by atomic mass is 19.2. The Hall–Kier alpha value is -3.56. The lowest BCUT2D eigenvalue weighted by atomic mass is 10.1. The Morgan fingerprint density at radius 3 is 2.62 bits per heavy atom. The van der Waals surface area contributed by atoms with E-state index in [0.29, 0.717) is 18.4 Å². The monoisotopic (exact) mass is 442 g/mol. The number of carbonyl (C=O) groups excluding carboxylic acids is 1. The summed E-state index contributed by atoms with van der Waals surface area (Å²) in [7, 11) is 3.30. The van der Waals surface area contributed by atoms with E-state index >= 15 is 0 Å². The highest BCUT2D eigenvalue weighted by Gasteiger charge is 2.28. The number of aryl methyl sites for hydroxylation is 3. The molecule has 1 aliphatic rings. The summed E-state index contributed by atoms with van der Waals surface area (Å²) >= 11 is 0. The number of aromatic nitrogens is 4. The van der Waals surface area contributed by atoms with Crippen LogP contribution in [-0.2, 0) is 24.2 Å². The fourth-order valence-electron chi connectivity index (χ4n) is 3.74. The highest BCUT2D eigenvalue weighted by molar-refractivity contribution is 6.03. The predicted molar refractivity (Wildman–Crippen MR) is 115 cm³/mol. The van der Waals surface area contributed by atoms with Crippen LogP contribution < -0.4 is 15.0 Å². The number of hydrogen-bond donors (Lipinski definition) is 1. The lowest BCUT2D eigenvalue weighted by Gasteiger charge is -2.34. The number of ether oxygens (including phenoxy) is 1. The quantitative estimate of drug-likeness (QED) is 0.632. The summed E-state index contributed by atoms with van der Waals surface area (Å²) in [4.78, 5) is 18.6. The average Bonchev–Trinajstić information content (AvgIpc) is 3.21. The fraction of sp³-hybridized carbons (Fsp3) is 0.364. The zero-order chi connectivity index (χ0) is 23.0. The van der Waals surface area contributed by atoms with Gasteiger partial charge < -0.3 is 15.0 Å². The van der Waals surface area contributed by atoms with Crippen molar-refractivity contribution in [1.29, 1.82) is 0 Å². The molecule has 2 aromatic heterocycles. The standard InChI is InChI=1S/C22H24F2N6O2/c1-12-21-19(29(3)13(2)22(31)26-21)8-15(25-12)5-6-16-11-30(28-27-16)10-14-7-17(23)18(24)9-20(14)32-4/h7-9,11,13H,5-6,10H2,1-4H3,(H,26,31)/t13-/m0/s1. The second-order valence-corrected chi connectivity index (χ2v) is 7.85. The Labute approximate surface area is 184 Å². The Morgan fingerprint density at radius 2 is 1.88 bits per heavy atom. The highest BCUT2D eigenvalue weighted by Crippen LogP contribution is 2.33. The van der Waals surface area contributed by atoms with E-state index in [1.807, 2.05) is 31.9 Å². The SMILES string of the molecule is COc1cc(F)c(F)cc1Cn1cc(CCc2cc3c(c(C)n2)NC(=O)[C@H](C)N3C)nn1. The van der Waals surface area contributed by atoms with Gasteiger partial charge in [0.05, 0.1) is 36.4 Å². The lowest BCUT2D eigenvalue weighted by molar-refractivity contribution is -0.117. The first-order valence-electron chi connectivity index (χ1n) is 10.2. The van der Waals surface area contributed by atoms with Crippen LogP contribution in [0.5, 0.6) is 5.75 Å². The van der Waals surface area contributed by atoms with Gasteiger partial charge in [-0.05, 0) is 38.8 Å². The first kappa shape index (κ1) is 21.7. The summed E-state index contributed by atoms with van der Waals surface area (Å²) in [5.74, 6) is -1.70. The summed E-state index contributed by atoms with van der Waals surface area (Å²) in [5, 5.41) is 11.2. The van der Waals surface area contributed by atoms with Gasteiger partial charge in [-0.2, -0.15) is 0 Å². The number of pyridine rings is 1. The number of fused-ring (bicyclic) bond motifs is 1. The van der Waals surface area contributed by atoms with Gasteiger partial charge in [0.25, 0.3) is 0 Å². The maximum atomic E-state index is 13.6. The fourth-order valence-corrected chi connectivity index (χ4v) is 3.74.